The van der Waals surface area contributed by atoms with E-state index >= 15 is 0 Å². The van der Waals surface area contributed by atoms with E-state index in [1.807, 2.05) is 42.5 Å². The van der Waals surface area contributed by atoms with Crippen LogP contribution in [0.1, 0.15) is 32.0 Å². The van der Waals surface area contributed by atoms with Crippen LogP contribution in [0.5, 0.6) is 0 Å². The van der Waals surface area contributed by atoms with Crippen molar-refractivity contribution < 1.29 is 9.59 Å². The smallest absolute Gasteiger partial charge is 0.272 e. The van der Waals surface area contributed by atoms with Gasteiger partial charge in [-0.05, 0) is 35.4 Å². The average molecular weight is 394 g/mol. The number of hydrogen-bond acceptors (Lipinski definition) is 3. The fourth-order valence-corrected chi connectivity index (χ4v) is 2.83. The minimum Gasteiger partial charge on any atom is -0.348 e. The van der Waals surface area contributed by atoms with Gasteiger partial charge in [0.2, 0.25) is 0 Å². The molecule has 5 nitrogen and oxygen atoms in total. The molecule has 0 bridgehead atoms. The van der Waals surface area contributed by atoms with Gasteiger partial charge in [0.15, 0.2) is 0 Å². The van der Waals surface area contributed by atoms with Crippen molar-refractivity contribution in [2.45, 2.75) is 13.1 Å². The maximum absolute atomic E-state index is 12.7. The Bertz CT molecular complexity index is 959. The third-order valence-corrected chi connectivity index (χ3v) is 4.47. The zero-order valence-electron chi connectivity index (χ0n) is 15.4. The molecule has 0 fully saturated rings. The number of carbonyl (C=O) groups is 2. The lowest BCUT2D eigenvalue weighted by atomic mass is 10.1. The molecule has 2 amide bonds. The van der Waals surface area contributed by atoms with Gasteiger partial charge in [-0.2, -0.15) is 0 Å². The summed E-state index contributed by atoms with van der Waals surface area (Å²) in [5, 5.41) is 3.48. The van der Waals surface area contributed by atoms with Crippen molar-refractivity contribution in [3.05, 3.63) is 100 Å². The van der Waals surface area contributed by atoms with Crippen LogP contribution in [0.15, 0.2) is 72.9 Å². The molecule has 142 valence electrons. The standard InChI is InChI=1S/C22H20ClN3O2/c1-26(15-17-5-3-2-4-6-17)22(28)20-13-18(11-12-24-20)21(27)25-14-16-7-9-19(23)10-8-16/h2-13H,14-15H2,1H3,(H,25,27). The van der Waals surface area contributed by atoms with E-state index in [9.17, 15) is 9.59 Å². The van der Waals surface area contributed by atoms with Gasteiger partial charge < -0.3 is 10.2 Å². The topological polar surface area (TPSA) is 62.3 Å². The SMILES string of the molecule is CN(Cc1ccccc1)C(=O)c1cc(C(=O)NCc2ccc(Cl)cc2)ccn1. The third-order valence-electron chi connectivity index (χ3n) is 4.22. The molecule has 1 heterocycles. The molecule has 0 unspecified atom stereocenters. The molecule has 0 aliphatic heterocycles. The Kier molecular flexibility index (Phi) is 6.40. The number of benzene rings is 2. The number of amides is 2. The van der Waals surface area contributed by atoms with E-state index in [1.54, 1.807) is 30.1 Å². The van der Waals surface area contributed by atoms with Crippen molar-refractivity contribution in [2.75, 3.05) is 7.05 Å². The number of aromatic nitrogens is 1. The predicted molar refractivity (Wildman–Crippen MR) is 109 cm³/mol. The van der Waals surface area contributed by atoms with Crippen LogP contribution in [0.2, 0.25) is 5.02 Å². The van der Waals surface area contributed by atoms with Crippen molar-refractivity contribution in [1.29, 1.82) is 0 Å². The van der Waals surface area contributed by atoms with Crippen molar-refractivity contribution in [1.82, 2.24) is 15.2 Å². The van der Waals surface area contributed by atoms with Gasteiger partial charge in [-0.1, -0.05) is 54.1 Å². The van der Waals surface area contributed by atoms with Crippen molar-refractivity contribution in [2.24, 2.45) is 0 Å². The van der Waals surface area contributed by atoms with Crippen LogP contribution in [0.4, 0.5) is 0 Å². The van der Waals surface area contributed by atoms with Crippen LogP contribution < -0.4 is 5.32 Å². The average Bonchev–Trinajstić information content (AvgIpc) is 2.73. The zero-order chi connectivity index (χ0) is 19.9. The Morgan fingerprint density at radius 3 is 2.43 bits per heavy atom. The molecule has 28 heavy (non-hydrogen) atoms. The molecule has 2 aromatic carbocycles. The lowest BCUT2D eigenvalue weighted by Gasteiger charge is -2.17. The van der Waals surface area contributed by atoms with Crippen LogP contribution in [-0.4, -0.2) is 28.7 Å². The molecule has 0 radical (unpaired) electrons. The summed E-state index contributed by atoms with van der Waals surface area (Å²) in [7, 11) is 1.71. The monoisotopic (exact) mass is 393 g/mol. The van der Waals surface area contributed by atoms with E-state index < -0.39 is 0 Å². The van der Waals surface area contributed by atoms with Gasteiger partial charge in [0.05, 0.1) is 0 Å². The summed E-state index contributed by atoms with van der Waals surface area (Å²) in [5.74, 6) is -0.506. The highest BCUT2D eigenvalue weighted by atomic mass is 35.5. The largest absolute Gasteiger partial charge is 0.348 e. The molecule has 0 spiro atoms. The number of rotatable bonds is 6. The van der Waals surface area contributed by atoms with Gasteiger partial charge in [0.25, 0.3) is 11.8 Å². The molecule has 1 N–H and O–H groups in total. The molecule has 0 saturated carbocycles. The number of halogens is 1. The number of nitrogens with zero attached hydrogens (tertiary/aromatic N) is 2. The molecular weight excluding hydrogens is 374 g/mol. The number of nitrogens with one attached hydrogen (secondary N) is 1. The molecular formula is C22H20ClN3O2. The van der Waals surface area contributed by atoms with E-state index in [0.717, 1.165) is 11.1 Å². The van der Waals surface area contributed by atoms with Crippen LogP contribution in [-0.2, 0) is 13.1 Å². The maximum Gasteiger partial charge on any atom is 0.272 e. The fraction of sp³-hybridized carbons (Fsp3) is 0.136. The predicted octanol–water partition coefficient (Wildman–Crippen LogP) is 3.94. The number of pyridine rings is 1. The summed E-state index contributed by atoms with van der Waals surface area (Å²) >= 11 is 5.86. The van der Waals surface area contributed by atoms with E-state index in [1.165, 1.54) is 12.3 Å². The van der Waals surface area contributed by atoms with Gasteiger partial charge in [-0.3, -0.25) is 14.6 Å². The molecule has 6 heteroatoms. The molecule has 0 atom stereocenters. The Morgan fingerprint density at radius 1 is 1.00 bits per heavy atom. The van der Waals surface area contributed by atoms with E-state index in [-0.39, 0.29) is 17.5 Å². The van der Waals surface area contributed by atoms with Crippen molar-refractivity contribution in [3.8, 4) is 0 Å². The van der Waals surface area contributed by atoms with Crippen LogP contribution in [0.25, 0.3) is 0 Å². The van der Waals surface area contributed by atoms with Gasteiger partial charge in [0.1, 0.15) is 5.69 Å². The van der Waals surface area contributed by atoms with E-state index in [4.69, 9.17) is 11.6 Å². The Labute approximate surface area is 169 Å². The Morgan fingerprint density at radius 2 is 1.71 bits per heavy atom. The zero-order valence-corrected chi connectivity index (χ0v) is 16.2. The minimum atomic E-state index is -0.267. The first-order chi connectivity index (χ1) is 13.5. The molecule has 1 aromatic heterocycles. The molecule has 0 aliphatic rings. The fourth-order valence-electron chi connectivity index (χ4n) is 2.70. The first-order valence-corrected chi connectivity index (χ1v) is 9.19. The third kappa shape index (κ3) is 5.18. The van der Waals surface area contributed by atoms with Crippen LogP contribution in [0, 0.1) is 0 Å². The molecule has 0 aliphatic carbocycles. The summed E-state index contributed by atoms with van der Waals surface area (Å²) in [4.78, 5) is 30.8. The lowest BCUT2D eigenvalue weighted by Crippen LogP contribution is -2.28. The first-order valence-electron chi connectivity index (χ1n) is 8.81. The number of carbonyl (C=O) groups excluding carboxylic acids is 2. The highest BCUT2D eigenvalue weighted by Gasteiger charge is 2.16. The van der Waals surface area contributed by atoms with Gasteiger partial charge in [-0.25, -0.2) is 0 Å². The summed E-state index contributed by atoms with van der Waals surface area (Å²) in [6, 6.07) is 20.0. The van der Waals surface area contributed by atoms with Crippen molar-refractivity contribution in [3.63, 3.8) is 0 Å². The lowest BCUT2D eigenvalue weighted by molar-refractivity contribution is 0.0779. The summed E-state index contributed by atoms with van der Waals surface area (Å²) in [6.45, 7) is 0.837. The van der Waals surface area contributed by atoms with E-state index in [2.05, 4.69) is 10.3 Å². The highest BCUT2D eigenvalue weighted by molar-refractivity contribution is 6.30. The van der Waals surface area contributed by atoms with E-state index in [0.29, 0.717) is 23.7 Å². The second-order valence-corrected chi connectivity index (χ2v) is 6.82. The number of hydrogen-bond donors (Lipinski definition) is 1. The minimum absolute atomic E-state index is 0.234. The highest BCUT2D eigenvalue weighted by Crippen LogP contribution is 2.11. The quantitative estimate of drug-likeness (QED) is 0.690. The van der Waals surface area contributed by atoms with Crippen molar-refractivity contribution >= 4 is 23.4 Å². The molecule has 3 rings (SSSR count). The second-order valence-electron chi connectivity index (χ2n) is 6.39. The summed E-state index contributed by atoms with van der Waals surface area (Å²) in [6.07, 6.45) is 1.47. The van der Waals surface area contributed by atoms with Crippen LogP contribution in [0.3, 0.4) is 0 Å². The maximum atomic E-state index is 12.7. The van der Waals surface area contributed by atoms with Gasteiger partial charge in [-0.15, -0.1) is 0 Å². The van der Waals surface area contributed by atoms with Crippen LogP contribution >= 0.6 is 11.6 Å². The first kappa shape index (κ1) is 19.6. The second kappa shape index (κ2) is 9.15. The summed E-state index contributed by atoms with van der Waals surface area (Å²) < 4.78 is 0. The molecule has 3 aromatic rings. The van der Waals surface area contributed by atoms with Gasteiger partial charge in [0, 0.05) is 36.9 Å². The Hall–Kier alpha value is -3.18. The molecule has 0 saturated heterocycles. The normalized spacial score (nSPS) is 10.4. The summed E-state index contributed by atoms with van der Waals surface area (Å²) in [5.41, 5.74) is 2.58. The van der Waals surface area contributed by atoms with Gasteiger partial charge >= 0.3 is 0 Å². The Balaban J connectivity index is 1.64.